The van der Waals surface area contributed by atoms with Gasteiger partial charge in [-0.25, -0.2) is 38.9 Å². The number of nitrogens with one attached hydrogen (secondary N) is 4. The minimum Gasteiger partial charge on any atom is -0.448 e. The van der Waals surface area contributed by atoms with Gasteiger partial charge in [0.25, 0.3) is 0 Å². The molecule has 35 nitrogen and oxygen atoms in total. The molecular weight excluding hydrogens is 1990 g/mol. The first-order valence-electron chi connectivity index (χ1n) is 43.9. The third-order valence-electron chi connectivity index (χ3n) is 24.4. The highest BCUT2D eigenvalue weighted by Crippen LogP contribution is 2.47. The van der Waals surface area contributed by atoms with Crippen LogP contribution in [0.4, 0.5) is 57.9 Å². The Bertz CT molecular complexity index is 5950. The molecule has 3 aromatic carbocycles. The average molecular weight is 2120 g/mol. The van der Waals surface area contributed by atoms with E-state index in [-0.39, 0.29) is 126 Å². The number of halogens is 6. The number of aromatic amines is 2. The van der Waals surface area contributed by atoms with Gasteiger partial charge in [-0.3, -0.25) is 19.9 Å². The summed E-state index contributed by atoms with van der Waals surface area (Å²) >= 11 is 35.6. The number of anilines is 5. The normalized spacial score (nSPS) is 17.9. The monoisotopic (exact) mass is 2110 g/mol. The van der Waals surface area contributed by atoms with Gasteiger partial charge in [0.1, 0.15) is 17.2 Å². The number of likely N-dealkylation sites (N-methyl/N-ethyl adjacent to an activating group) is 3. The molecule has 0 saturated carbocycles. The third kappa shape index (κ3) is 26.3. The van der Waals surface area contributed by atoms with E-state index in [1.807, 2.05) is 84.3 Å². The largest absolute Gasteiger partial charge is 0.448 e. The van der Waals surface area contributed by atoms with Gasteiger partial charge in [0.05, 0.1) is 122 Å². The number of hydrogen-bond acceptors (Lipinski definition) is 27. The van der Waals surface area contributed by atoms with Crippen molar-refractivity contribution in [1.29, 1.82) is 0 Å². The van der Waals surface area contributed by atoms with Crippen molar-refractivity contribution in [3.05, 3.63) is 191 Å². The Kier molecular flexibility index (Phi) is 40.3. The van der Waals surface area contributed by atoms with Crippen molar-refractivity contribution in [2.75, 3.05) is 121 Å². The lowest BCUT2D eigenvalue weighted by molar-refractivity contribution is 0.00437. The van der Waals surface area contributed by atoms with Gasteiger partial charge < -0.3 is 81.2 Å². The topological polar surface area (TPSA) is 406 Å². The van der Waals surface area contributed by atoms with E-state index >= 15 is 0 Å². The lowest BCUT2D eigenvalue weighted by atomic mass is 10.00. The third-order valence-corrected chi connectivity index (χ3v) is 27.1. The van der Waals surface area contributed by atoms with E-state index in [0.29, 0.717) is 70.8 Å². The zero-order valence-electron chi connectivity index (χ0n) is 79.6. The van der Waals surface area contributed by atoms with Gasteiger partial charge in [0.15, 0.2) is 22.6 Å². The number of urea groups is 2. The summed E-state index contributed by atoms with van der Waals surface area (Å²) in [5, 5.41) is 34.5. The summed E-state index contributed by atoms with van der Waals surface area (Å²) in [6.45, 7) is 34.6. The number of H-pyrrole nitrogens is 2. The maximum Gasteiger partial charge on any atom is 0.436 e. The molecule has 15 heterocycles. The molecule has 18 rings (SSSR count). The second-order valence-corrected chi connectivity index (χ2v) is 40.2. The number of piperazine rings is 3. The molecule has 0 aliphatic carbocycles. The van der Waals surface area contributed by atoms with E-state index in [1.54, 1.807) is 43.9 Å². The van der Waals surface area contributed by atoms with Crippen LogP contribution in [0, 0.1) is 0 Å². The maximum absolute atomic E-state index is 14.1. The number of nitrogens with two attached hydrogens (primary N) is 3. The zero-order valence-corrected chi connectivity index (χ0v) is 88.8. The van der Waals surface area contributed by atoms with Crippen molar-refractivity contribution >= 4 is 218 Å². The number of carbonyl (C=O) groups is 6. The summed E-state index contributed by atoms with van der Waals surface area (Å²) in [5.41, 5.74) is 26.6. The molecule has 3 atom stereocenters. The van der Waals surface area contributed by atoms with E-state index < -0.39 is 51.4 Å². The molecule has 3 fully saturated rings. The van der Waals surface area contributed by atoms with Crippen LogP contribution in [0.3, 0.4) is 0 Å². The highest BCUT2D eigenvalue weighted by atomic mass is 35.5. The van der Waals surface area contributed by atoms with Crippen LogP contribution in [0.25, 0.3) is 20.4 Å². The highest BCUT2D eigenvalue weighted by molar-refractivity contribution is 7.59. The average Bonchev–Trinajstić information content (AvgIpc) is 1.52. The number of amides is 6. The molecule has 10 N–H and O–H groups in total. The Hall–Kier alpha value is -9.37. The standard InChI is InChI=1S/C26H29ClN8OS.C20H28N6O.C15H24N4O4.C12H18N2.C11H15ClN4O3.C6H2Cl2N2S.CH2Cl2.CH4.3H2S/c1-26(2)21-18(22(32-31-21)29-23-20-19(9-12-37-20)28-24(27)30-23)15-35(26)25(36)34-11-10-33(3)14-17(34)13-16-7-5-4-6-8-16;1-20(2)17-16(18(21)23-22-17)13-26(20)19(27)25-10-9-24(3)12-15(25)11-14-7-5-4-6-8-14;1-7-22-13(21)19-11(16)9-8-18(12(20)23-14(2,3)4)15(5,6)10(9)17-19;1-14-8-7-13-12(10-14)9-11-5-3-2-4-6-11;1-4-19-10(18)16-8(13)6-5-15(9(12)17)11(2,3)7(6)14-16;7-5-4-3(1-2-11-4)9-6(8)10-5;2-1-3;;;;/h4-9,12,17H,10-11,13-15H2,1-3H3,(H2,28,29,30,31,32);4-8,15H,9-13H2,1-3H3,(H3,21,22,23);7-8,16H2,1-6H3;2-6,12-13H,7-10H2,1H3;4-5,13H2,1-3H3;1-2H;1H2;1H4;3*1H2/t17-;15-;;12-;;;;;;;/m00.0......./s1. The van der Waals surface area contributed by atoms with Gasteiger partial charge in [-0.05, 0) is 205 Å². The predicted octanol–water partition coefficient (Wildman–Crippen LogP) is 17.7. The molecule has 138 heavy (non-hydrogen) atoms. The first-order chi connectivity index (χ1) is 63.5. The molecule has 11 aromatic rings. The fourth-order valence-corrected chi connectivity index (χ4v) is 19.8. The van der Waals surface area contributed by atoms with Crippen LogP contribution in [0.2, 0.25) is 15.7 Å². The van der Waals surface area contributed by atoms with Crippen LogP contribution in [0.1, 0.15) is 159 Å². The predicted molar refractivity (Wildman–Crippen MR) is 566 cm³/mol. The summed E-state index contributed by atoms with van der Waals surface area (Å²) in [4.78, 5) is 109. The number of alkyl halides is 2. The van der Waals surface area contributed by atoms with Gasteiger partial charge in [-0.1, -0.05) is 110 Å². The summed E-state index contributed by atoms with van der Waals surface area (Å²) in [6.07, 6.45) is 1.14. The molecule has 7 aliphatic heterocycles. The molecule has 46 heteroatoms. The smallest absolute Gasteiger partial charge is 0.436 e. The number of nitrogens with zero attached hydrogens (tertiary/aromatic N) is 19. The van der Waals surface area contributed by atoms with Gasteiger partial charge in [0.2, 0.25) is 10.6 Å². The lowest BCUT2D eigenvalue weighted by Gasteiger charge is -2.44. The second-order valence-electron chi connectivity index (χ2n) is 36.2. The fourth-order valence-electron chi connectivity index (χ4n) is 17.3. The fraction of sp³-hybridized carbons (Fsp3) is 0.478. The SMILES string of the molecule is C.CCOC(=O)n1nc2c(c1N)CN(C(=O)Cl)C2(C)C.CCOC(=O)n1nc2c(c1N)CN(C(=O)OC(C)(C)C)C2(C)C.CN1CCN(C(=O)N2Cc3c(N)n[nH]c3C2(C)C)[C@@H](Cc2ccccc2)C1.CN1CCN(C(=O)N2Cc3c(Nc4nc(Cl)nc5ccsc45)n[nH]c3C2(C)C)[C@@H](Cc2ccccc2)C1.CN1CCN[C@@H](Cc2ccccc2)C1.ClCCl.Clc1nc(Cl)c2sccc2n1.S.S.S. The van der Waals surface area contributed by atoms with Crippen LogP contribution in [0.5, 0.6) is 0 Å². The summed E-state index contributed by atoms with van der Waals surface area (Å²) in [6, 6.07) is 36.3. The number of hydrogen-bond donors (Lipinski definition) is 7. The number of ether oxygens (including phenoxy) is 3. The molecule has 0 spiro atoms. The molecule has 3 saturated heterocycles. The summed E-state index contributed by atoms with van der Waals surface area (Å²) < 4.78 is 19.1. The van der Waals surface area contributed by atoms with Crippen LogP contribution in [-0.2, 0) is 81.8 Å². The van der Waals surface area contributed by atoms with Crippen LogP contribution in [-0.4, -0.2) is 262 Å². The molecule has 752 valence electrons. The van der Waals surface area contributed by atoms with Crippen molar-refractivity contribution in [2.24, 2.45) is 0 Å². The van der Waals surface area contributed by atoms with Crippen molar-refractivity contribution in [3.8, 4) is 0 Å². The first-order valence-corrected chi connectivity index (χ1v) is 48.3. The van der Waals surface area contributed by atoms with E-state index in [4.69, 9.17) is 101 Å². The van der Waals surface area contributed by atoms with Crippen LogP contribution in [0.15, 0.2) is 114 Å². The number of rotatable bonds is 10. The quantitative estimate of drug-likeness (QED) is 0.0167. The van der Waals surface area contributed by atoms with Crippen LogP contribution < -0.4 is 27.8 Å². The van der Waals surface area contributed by atoms with Crippen LogP contribution >= 0.6 is 133 Å². The molecule has 0 unspecified atom stereocenters. The summed E-state index contributed by atoms with van der Waals surface area (Å²) in [7, 11) is 6.44. The van der Waals surface area contributed by atoms with E-state index in [9.17, 15) is 28.8 Å². The Labute approximate surface area is 864 Å². The maximum atomic E-state index is 14.1. The number of aromatic nitrogens is 12. The Morgan fingerprint density at radius 3 is 1.37 bits per heavy atom. The van der Waals surface area contributed by atoms with Gasteiger partial charge in [0, 0.05) is 87.2 Å². The summed E-state index contributed by atoms with van der Waals surface area (Å²) in [5.74, 6) is 2.14. The number of carbonyl (C=O) groups excluding carboxylic acids is 6. The Morgan fingerprint density at radius 1 is 0.507 bits per heavy atom. The Balaban J connectivity index is 0.000000208. The molecule has 0 radical (unpaired) electrons. The number of fused-ring (bicyclic) bond motifs is 6. The second kappa shape index (κ2) is 48.9. The first kappa shape index (κ1) is 114. The van der Waals surface area contributed by atoms with Crippen molar-refractivity contribution in [3.63, 3.8) is 0 Å². The van der Waals surface area contributed by atoms with Crippen molar-refractivity contribution < 1.29 is 43.0 Å². The Morgan fingerprint density at radius 2 is 0.920 bits per heavy atom. The van der Waals surface area contributed by atoms with E-state index in [2.05, 4.69) is 208 Å². The van der Waals surface area contributed by atoms with Crippen molar-refractivity contribution in [2.45, 2.75) is 189 Å². The minimum atomic E-state index is -0.733. The number of nitrogen functional groups attached to an aromatic ring is 3. The van der Waals surface area contributed by atoms with Gasteiger partial charge in [-0.15, -0.1) is 55.2 Å². The highest BCUT2D eigenvalue weighted by Gasteiger charge is 2.51. The molecule has 6 amide bonds. The molecular formula is C92H128Cl6N26O9S5. The zero-order chi connectivity index (χ0) is 97.2. The van der Waals surface area contributed by atoms with Crippen molar-refractivity contribution in [1.82, 2.24) is 109 Å². The van der Waals surface area contributed by atoms with E-state index in [1.165, 1.54) is 39.5 Å². The number of benzene rings is 3. The number of thiophene rings is 2. The molecule has 7 aliphatic rings. The molecule has 8 aromatic heterocycles. The van der Waals surface area contributed by atoms with E-state index in [0.717, 1.165) is 117 Å². The molecule has 0 bridgehead atoms. The van der Waals surface area contributed by atoms with Gasteiger partial charge >= 0.3 is 35.7 Å². The van der Waals surface area contributed by atoms with Gasteiger partial charge in [-0.2, -0.15) is 65.9 Å². The minimum absolute atomic E-state index is 0. The lowest BCUT2D eigenvalue weighted by Crippen LogP contribution is -2.59.